The minimum Gasteiger partial charge on any atom is -0.356 e. The van der Waals surface area contributed by atoms with E-state index in [4.69, 9.17) is 0 Å². The van der Waals surface area contributed by atoms with E-state index in [2.05, 4.69) is 30.5 Å². The SMILES string of the molecule is CCNC(=O)C1CCCN(C(=O)NC(C)c2cc(C)sc2C)C1. The minimum absolute atomic E-state index is 0.0164. The molecule has 1 aliphatic heterocycles. The van der Waals surface area contributed by atoms with Gasteiger partial charge >= 0.3 is 6.03 Å². The van der Waals surface area contributed by atoms with Gasteiger partial charge in [0.15, 0.2) is 0 Å². The van der Waals surface area contributed by atoms with Crippen molar-refractivity contribution < 1.29 is 9.59 Å². The standard InChI is InChI=1S/C17H27N3O2S/c1-5-18-16(21)14-7-6-8-20(10-14)17(22)19-12(3)15-9-11(2)23-13(15)4/h9,12,14H,5-8,10H2,1-4H3,(H,18,21)(H,19,22). The lowest BCUT2D eigenvalue weighted by Crippen LogP contribution is -2.49. The number of aryl methyl sites for hydroxylation is 2. The van der Waals surface area contributed by atoms with Gasteiger partial charge in [-0.3, -0.25) is 4.79 Å². The van der Waals surface area contributed by atoms with Gasteiger partial charge in [0.05, 0.1) is 12.0 Å². The summed E-state index contributed by atoms with van der Waals surface area (Å²) in [5.74, 6) is -0.0303. The molecule has 0 spiro atoms. The summed E-state index contributed by atoms with van der Waals surface area (Å²) in [7, 11) is 0. The molecule has 1 aromatic heterocycles. The molecule has 0 aliphatic carbocycles. The molecule has 128 valence electrons. The van der Waals surface area contributed by atoms with Crippen LogP contribution in [0.15, 0.2) is 6.07 Å². The number of nitrogens with one attached hydrogen (secondary N) is 2. The largest absolute Gasteiger partial charge is 0.356 e. The summed E-state index contributed by atoms with van der Waals surface area (Å²) < 4.78 is 0. The molecular weight excluding hydrogens is 310 g/mol. The maximum Gasteiger partial charge on any atom is 0.317 e. The second-order valence-corrected chi connectivity index (χ2v) is 7.68. The molecular formula is C17H27N3O2S. The number of nitrogens with zero attached hydrogens (tertiary/aromatic N) is 1. The molecule has 0 bridgehead atoms. The number of urea groups is 1. The summed E-state index contributed by atoms with van der Waals surface area (Å²) in [5.41, 5.74) is 1.18. The Labute approximate surface area is 142 Å². The van der Waals surface area contributed by atoms with Crippen LogP contribution in [0.25, 0.3) is 0 Å². The zero-order chi connectivity index (χ0) is 17.0. The highest BCUT2D eigenvalue weighted by Gasteiger charge is 2.28. The van der Waals surface area contributed by atoms with E-state index >= 15 is 0 Å². The predicted molar refractivity (Wildman–Crippen MR) is 93.7 cm³/mol. The lowest BCUT2D eigenvalue weighted by Gasteiger charge is -2.33. The molecule has 2 heterocycles. The Hall–Kier alpha value is -1.56. The van der Waals surface area contributed by atoms with Gasteiger partial charge in [0.1, 0.15) is 0 Å². The van der Waals surface area contributed by atoms with Crippen LogP contribution in [0, 0.1) is 19.8 Å². The minimum atomic E-state index is -0.0881. The quantitative estimate of drug-likeness (QED) is 0.887. The number of hydrogen-bond acceptors (Lipinski definition) is 3. The van der Waals surface area contributed by atoms with Gasteiger partial charge in [-0.1, -0.05) is 0 Å². The fourth-order valence-corrected chi connectivity index (χ4v) is 4.15. The third-order valence-electron chi connectivity index (χ3n) is 4.32. The van der Waals surface area contributed by atoms with Crippen molar-refractivity contribution in [3.8, 4) is 0 Å². The van der Waals surface area contributed by atoms with Crippen molar-refractivity contribution in [2.24, 2.45) is 5.92 Å². The van der Waals surface area contributed by atoms with Gasteiger partial charge in [-0.15, -0.1) is 11.3 Å². The molecule has 1 aromatic rings. The molecule has 23 heavy (non-hydrogen) atoms. The first kappa shape index (κ1) is 17.8. The van der Waals surface area contributed by atoms with E-state index in [-0.39, 0.29) is 23.9 Å². The van der Waals surface area contributed by atoms with Gasteiger partial charge in [-0.05, 0) is 52.2 Å². The van der Waals surface area contributed by atoms with Crippen molar-refractivity contribution in [3.05, 3.63) is 21.4 Å². The maximum absolute atomic E-state index is 12.5. The third kappa shape index (κ3) is 4.47. The Kier molecular flexibility index (Phi) is 6.04. The number of amides is 3. The zero-order valence-corrected chi connectivity index (χ0v) is 15.3. The van der Waals surface area contributed by atoms with E-state index in [9.17, 15) is 9.59 Å². The van der Waals surface area contributed by atoms with Crippen LogP contribution in [0.4, 0.5) is 4.79 Å². The average Bonchev–Trinajstić information content (AvgIpc) is 2.86. The lowest BCUT2D eigenvalue weighted by atomic mass is 9.97. The fourth-order valence-electron chi connectivity index (χ4n) is 3.13. The number of piperidine rings is 1. The van der Waals surface area contributed by atoms with Gasteiger partial charge in [0, 0.05) is 29.4 Å². The average molecular weight is 337 g/mol. The smallest absolute Gasteiger partial charge is 0.317 e. The summed E-state index contributed by atoms with van der Waals surface area (Å²) >= 11 is 1.75. The lowest BCUT2D eigenvalue weighted by molar-refractivity contribution is -0.126. The molecule has 0 saturated carbocycles. The van der Waals surface area contributed by atoms with Gasteiger partial charge in [-0.2, -0.15) is 0 Å². The van der Waals surface area contributed by atoms with Crippen molar-refractivity contribution in [1.82, 2.24) is 15.5 Å². The summed E-state index contributed by atoms with van der Waals surface area (Å²) in [6.07, 6.45) is 1.73. The van der Waals surface area contributed by atoms with E-state index < -0.39 is 0 Å². The molecule has 2 atom stereocenters. The number of hydrogen-bond donors (Lipinski definition) is 2. The highest BCUT2D eigenvalue weighted by molar-refractivity contribution is 7.12. The maximum atomic E-state index is 12.5. The van der Waals surface area contributed by atoms with Crippen LogP contribution in [-0.2, 0) is 4.79 Å². The predicted octanol–water partition coefficient (Wildman–Crippen LogP) is 2.98. The van der Waals surface area contributed by atoms with Gasteiger partial charge < -0.3 is 15.5 Å². The van der Waals surface area contributed by atoms with Crippen LogP contribution in [0.3, 0.4) is 0 Å². The normalized spacial score (nSPS) is 19.3. The molecule has 2 rings (SSSR count). The van der Waals surface area contributed by atoms with Gasteiger partial charge in [0.25, 0.3) is 0 Å². The summed E-state index contributed by atoms with van der Waals surface area (Å²) in [4.78, 5) is 28.8. The Bertz CT molecular complexity index is 570. The zero-order valence-electron chi connectivity index (χ0n) is 14.4. The highest BCUT2D eigenvalue weighted by atomic mass is 32.1. The van der Waals surface area contributed by atoms with E-state index in [1.54, 1.807) is 16.2 Å². The summed E-state index contributed by atoms with van der Waals surface area (Å²) in [5, 5.41) is 5.93. The summed E-state index contributed by atoms with van der Waals surface area (Å²) in [6, 6.07) is 2.05. The number of likely N-dealkylation sites (tertiary alicyclic amines) is 1. The Morgan fingerprint density at radius 3 is 2.78 bits per heavy atom. The van der Waals surface area contributed by atoms with Crippen molar-refractivity contribution in [3.63, 3.8) is 0 Å². The van der Waals surface area contributed by atoms with Crippen LogP contribution >= 0.6 is 11.3 Å². The van der Waals surface area contributed by atoms with Crippen LogP contribution in [-0.4, -0.2) is 36.5 Å². The van der Waals surface area contributed by atoms with E-state index in [1.165, 1.54) is 15.3 Å². The van der Waals surface area contributed by atoms with Crippen molar-refractivity contribution in [2.45, 2.75) is 46.6 Å². The molecule has 1 fully saturated rings. The molecule has 0 aromatic carbocycles. The molecule has 6 heteroatoms. The van der Waals surface area contributed by atoms with Crippen LogP contribution in [0.2, 0.25) is 0 Å². The molecule has 1 saturated heterocycles. The topological polar surface area (TPSA) is 61.4 Å². The van der Waals surface area contributed by atoms with E-state index in [0.717, 1.165) is 19.4 Å². The highest BCUT2D eigenvalue weighted by Crippen LogP contribution is 2.26. The molecule has 0 radical (unpaired) electrons. The number of thiophene rings is 1. The first-order valence-electron chi connectivity index (χ1n) is 8.32. The fraction of sp³-hybridized carbons (Fsp3) is 0.647. The number of carbonyl (C=O) groups excluding carboxylic acids is 2. The van der Waals surface area contributed by atoms with Crippen LogP contribution in [0.1, 0.15) is 48.0 Å². The van der Waals surface area contributed by atoms with E-state index in [0.29, 0.717) is 13.1 Å². The van der Waals surface area contributed by atoms with E-state index in [1.807, 2.05) is 13.8 Å². The number of carbonyl (C=O) groups is 2. The summed E-state index contributed by atoms with van der Waals surface area (Å²) in [6.45, 7) is 9.95. The Morgan fingerprint density at radius 1 is 1.43 bits per heavy atom. The first-order chi connectivity index (χ1) is 10.9. The van der Waals surface area contributed by atoms with Crippen LogP contribution < -0.4 is 10.6 Å². The van der Waals surface area contributed by atoms with Crippen molar-refractivity contribution in [2.75, 3.05) is 19.6 Å². The molecule has 3 amide bonds. The monoisotopic (exact) mass is 337 g/mol. The Morgan fingerprint density at radius 2 is 2.17 bits per heavy atom. The molecule has 5 nitrogen and oxygen atoms in total. The molecule has 1 aliphatic rings. The van der Waals surface area contributed by atoms with Gasteiger partial charge in [0.2, 0.25) is 5.91 Å². The molecule has 2 unspecified atom stereocenters. The second-order valence-electron chi connectivity index (χ2n) is 6.22. The second kappa shape index (κ2) is 7.81. The first-order valence-corrected chi connectivity index (χ1v) is 9.14. The van der Waals surface area contributed by atoms with Crippen LogP contribution in [0.5, 0.6) is 0 Å². The molecule has 2 N–H and O–H groups in total. The van der Waals surface area contributed by atoms with Gasteiger partial charge in [-0.25, -0.2) is 4.79 Å². The Balaban J connectivity index is 1.94. The van der Waals surface area contributed by atoms with Crippen molar-refractivity contribution >= 4 is 23.3 Å². The van der Waals surface area contributed by atoms with Crippen molar-refractivity contribution in [1.29, 1.82) is 0 Å². The number of rotatable bonds is 4. The third-order valence-corrected chi connectivity index (χ3v) is 5.30.